The Hall–Kier alpha value is -0.860. The van der Waals surface area contributed by atoms with Crippen molar-refractivity contribution in [1.82, 2.24) is 0 Å². The lowest BCUT2D eigenvalue weighted by Crippen LogP contribution is -2.31. The van der Waals surface area contributed by atoms with Gasteiger partial charge in [0.25, 0.3) is 0 Å². The first-order chi connectivity index (χ1) is 12.7. The fraction of sp³-hybridized carbons (Fsp3) is 0.600. The number of rotatable bonds is 14. The van der Waals surface area contributed by atoms with E-state index in [1.165, 1.54) is 16.7 Å². The molecule has 1 atom stereocenters. The van der Waals surface area contributed by atoms with Crippen LogP contribution in [0.4, 0.5) is 0 Å². The molecule has 0 radical (unpaired) electrons. The van der Waals surface area contributed by atoms with E-state index in [1.807, 2.05) is 26.0 Å². The van der Waals surface area contributed by atoms with Crippen molar-refractivity contribution in [2.45, 2.75) is 96.4 Å². The van der Waals surface area contributed by atoms with Crippen molar-refractivity contribution in [2.75, 3.05) is 0 Å². The number of hydrogen-bond acceptors (Lipinski definition) is 1. The van der Waals surface area contributed by atoms with E-state index in [1.54, 1.807) is 0 Å². The highest BCUT2D eigenvalue weighted by Crippen LogP contribution is 2.24. The SMILES string of the molecule is C=C/C=C/CC/C(C)=C/CC/C=C(\C)CC/C=C(\C)CCC(Br)C(C)(C)O. The second-order valence-corrected chi connectivity index (χ2v) is 9.24. The first-order valence-electron chi connectivity index (χ1n) is 10.3. The Morgan fingerprint density at radius 3 is 1.89 bits per heavy atom. The van der Waals surface area contributed by atoms with Gasteiger partial charge in [0, 0.05) is 4.83 Å². The summed E-state index contributed by atoms with van der Waals surface area (Å²) in [6, 6.07) is 0. The molecule has 2 heteroatoms. The van der Waals surface area contributed by atoms with Crippen molar-refractivity contribution in [2.24, 2.45) is 0 Å². The average molecular weight is 438 g/mol. The van der Waals surface area contributed by atoms with Gasteiger partial charge in [0.15, 0.2) is 0 Å². The summed E-state index contributed by atoms with van der Waals surface area (Å²) in [5.74, 6) is 0. The molecule has 1 nitrogen and oxygen atoms in total. The molecule has 0 fully saturated rings. The van der Waals surface area contributed by atoms with Gasteiger partial charge in [-0.1, -0.05) is 75.7 Å². The molecule has 0 rings (SSSR count). The zero-order valence-electron chi connectivity index (χ0n) is 18.2. The molecule has 0 aliphatic heterocycles. The number of hydrogen-bond donors (Lipinski definition) is 1. The Balaban J connectivity index is 4.04. The van der Waals surface area contributed by atoms with E-state index >= 15 is 0 Å². The summed E-state index contributed by atoms with van der Waals surface area (Å²) in [5, 5.41) is 9.96. The van der Waals surface area contributed by atoms with Gasteiger partial charge < -0.3 is 5.11 Å². The van der Waals surface area contributed by atoms with Crippen LogP contribution in [0, 0.1) is 0 Å². The summed E-state index contributed by atoms with van der Waals surface area (Å²) in [7, 11) is 0. The highest BCUT2D eigenvalue weighted by molar-refractivity contribution is 9.09. The van der Waals surface area contributed by atoms with E-state index in [-0.39, 0.29) is 4.83 Å². The molecule has 1 unspecified atom stereocenters. The summed E-state index contributed by atoms with van der Waals surface area (Å²) in [6.07, 6.45) is 21.9. The number of unbranched alkanes of at least 4 members (excludes halogenated alkanes) is 1. The van der Waals surface area contributed by atoms with Gasteiger partial charge in [-0.2, -0.15) is 0 Å². The topological polar surface area (TPSA) is 20.2 Å². The largest absolute Gasteiger partial charge is 0.389 e. The molecule has 0 bridgehead atoms. The summed E-state index contributed by atoms with van der Waals surface area (Å²) in [4.78, 5) is 0.143. The van der Waals surface area contributed by atoms with Crippen LogP contribution in [0.15, 0.2) is 59.8 Å². The molecule has 0 amide bonds. The van der Waals surface area contributed by atoms with Crippen LogP contribution in [0.2, 0.25) is 0 Å². The third-order valence-corrected chi connectivity index (χ3v) is 6.30. The smallest absolute Gasteiger partial charge is 0.0716 e. The first kappa shape index (κ1) is 26.1. The zero-order valence-corrected chi connectivity index (χ0v) is 19.8. The Bertz CT molecular complexity index is 529. The zero-order chi connectivity index (χ0) is 20.7. The van der Waals surface area contributed by atoms with Crippen molar-refractivity contribution in [3.8, 4) is 0 Å². The summed E-state index contributed by atoms with van der Waals surface area (Å²) >= 11 is 3.59. The number of alkyl halides is 1. The molecule has 0 aliphatic rings. The molecule has 0 heterocycles. The number of allylic oxidation sites excluding steroid dienone is 9. The van der Waals surface area contributed by atoms with Crippen LogP contribution in [-0.2, 0) is 0 Å². The quantitative estimate of drug-likeness (QED) is 0.126. The van der Waals surface area contributed by atoms with Crippen molar-refractivity contribution in [1.29, 1.82) is 0 Å². The maximum Gasteiger partial charge on any atom is 0.0716 e. The lowest BCUT2D eigenvalue weighted by Gasteiger charge is -2.24. The summed E-state index contributed by atoms with van der Waals surface area (Å²) < 4.78 is 0. The Morgan fingerprint density at radius 2 is 1.37 bits per heavy atom. The van der Waals surface area contributed by atoms with Crippen LogP contribution in [0.25, 0.3) is 0 Å². The molecule has 0 saturated carbocycles. The second kappa shape index (κ2) is 15.1. The minimum absolute atomic E-state index is 0.143. The van der Waals surface area contributed by atoms with E-state index in [0.29, 0.717) is 0 Å². The molecule has 1 N–H and O–H groups in total. The number of halogens is 1. The van der Waals surface area contributed by atoms with Crippen molar-refractivity contribution >= 4 is 15.9 Å². The fourth-order valence-electron chi connectivity index (χ4n) is 2.72. The van der Waals surface area contributed by atoms with Crippen molar-refractivity contribution in [3.63, 3.8) is 0 Å². The van der Waals surface area contributed by atoms with E-state index in [2.05, 4.69) is 67.6 Å². The van der Waals surface area contributed by atoms with E-state index in [9.17, 15) is 5.11 Å². The standard InChI is InChI=1S/C25H41BrO/c1-7-8-9-10-14-21(2)15-11-12-16-22(3)17-13-18-23(4)19-20-24(26)25(5,6)27/h7-9,15-16,18,24,27H,1,10-14,17,19-20H2,2-6H3/b9-8+,21-15+,22-16+,23-18+. The van der Waals surface area contributed by atoms with Crippen LogP contribution in [0.3, 0.4) is 0 Å². The van der Waals surface area contributed by atoms with Crippen LogP contribution in [0.1, 0.15) is 86.0 Å². The molecular formula is C25H41BrO. The fourth-order valence-corrected chi connectivity index (χ4v) is 2.95. The average Bonchev–Trinajstić information content (AvgIpc) is 2.59. The molecule has 0 aromatic carbocycles. The predicted molar refractivity (Wildman–Crippen MR) is 127 cm³/mol. The van der Waals surface area contributed by atoms with Gasteiger partial charge in [0.1, 0.15) is 0 Å². The van der Waals surface area contributed by atoms with Crippen LogP contribution < -0.4 is 0 Å². The van der Waals surface area contributed by atoms with Gasteiger partial charge in [-0.05, 0) is 86.0 Å². The molecule has 0 aromatic rings. The Labute approximate surface area is 177 Å². The lowest BCUT2D eigenvalue weighted by atomic mass is 9.98. The van der Waals surface area contributed by atoms with Gasteiger partial charge in [-0.25, -0.2) is 0 Å². The van der Waals surface area contributed by atoms with Gasteiger partial charge >= 0.3 is 0 Å². The Kier molecular flexibility index (Phi) is 14.6. The predicted octanol–water partition coefficient (Wildman–Crippen LogP) is 8.22. The third-order valence-electron chi connectivity index (χ3n) is 4.72. The molecular weight excluding hydrogens is 396 g/mol. The highest BCUT2D eigenvalue weighted by Gasteiger charge is 2.23. The maximum absolute atomic E-state index is 9.96. The minimum Gasteiger partial charge on any atom is -0.389 e. The van der Waals surface area contributed by atoms with E-state index in [4.69, 9.17) is 0 Å². The molecule has 0 saturated heterocycles. The molecule has 0 aromatic heterocycles. The normalized spacial score (nSPS) is 15.4. The van der Waals surface area contributed by atoms with Crippen LogP contribution in [0.5, 0.6) is 0 Å². The van der Waals surface area contributed by atoms with Crippen LogP contribution in [-0.4, -0.2) is 15.5 Å². The molecule has 0 aliphatic carbocycles. The molecule has 154 valence electrons. The first-order valence-corrected chi connectivity index (χ1v) is 11.2. The number of aliphatic hydroxyl groups is 1. The monoisotopic (exact) mass is 436 g/mol. The van der Waals surface area contributed by atoms with E-state index in [0.717, 1.165) is 51.4 Å². The Morgan fingerprint density at radius 1 is 0.889 bits per heavy atom. The van der Waals surface area contributed by atoms with Gasteiger partial charge in [-0.3, -0.25) is 0 Å². The molecule has 27 heavy (non-hydrogen) atoms. The van der Waals surface area contributed by atoms with Crippen LogP contribution >= 0.6 is 15.9 Å². The van der Waals surface area contributed by atoms with E-state index < -0.39 is 5.60 Å². The maximum atomic E-state index is 9.96. The third kappa shape index (κ3) is 15.9. The summed E-state index contributed by atoms with van der Waals surface area (Å²) in [5.41, 5.74) is 3.72. The highest BCUT2D eigenvalue weighted by atomic mass is 79.9. The summed E-state index contributed by atoms with van der Waals surface area (Å²) in [6.45, 7) is 14.1. The lowest BCUT2D eigenvalue weighted by molar-refractivity contribution is 0.0774. The van der Waals surface area contributed by atoms with Gasteiger partial charge in [0.05, 0.1) is 5.60 Å². The van der Waals surface area contributed by atoms with Crippen molar-refractivity contribution < 1.29 is 5.11 Å². The van der Waals surface area contributed by atoms with Gasteiger partial charge in [-0.15, -0.1) is 0 Å². The minimum atomic E-state index is -0.658. The van der Waals surface area contributed by atoms with Gasteiger partial charge in [0.2, 0.25) is 0 Å². The van der Waals surface area contributed by atoms with Crippen molar-refractivity contribution in [3.05, 3.63) is 59.8 Å². The molecule has 0 spiro atoms. The second-order valence-electron chi connectivity index (χ2n) is 8.13.